The molecule has 0 spiro atoms. The zero-order chi connectivity index (χ0) is 13.1. The number of nitrogens with one attached hydrogen (secondary N) is 1. The second-order valence-electron chi connectivity index (χ2n) is 4.81. The molecule has 0 heterocycles. The van der Waals surface area contributed by atoms with Crippen LogP contribution in [0.3, 0.4) is 0 Å². The first kappa shape index (κ1) is 13.6. The normalized spacial score (nSPS) is 11.3. The molecule has 1 amide bonds. The molecular formula is C14H22N2O. The fourth-order valence-corrected chi connectivity index (χ4v) is 1.63. The second-order valence-corrected chi connectivity index (χ2v) is 4.81. The molecule has 1 rings (SSSR count). The van der Waals surface area contributed by atoms with E-state index in [1.54, 1.807) is 6.07 Å². The number of benzene rings is 1. The number of carbonyl (C=O) groups is 1. The van der Waals surface area contributed by atoms with Crippen LogP contribution in [-0.2, 0) is 0 Å². The average Bonchev–Trinajstić information content (AvgIpc) is 2.32. The number of amides is 1. The Balaban J connectivity index is 2.94. The smallest absolute Gasteiger partial charge is 0.253 e. The SMILES string of the molecule is CCC(C)(CC)NC(=O)c1cc(C)ccc1N. The van der Waals surface area contributed by atoms with Crippen molar-refractivity contribution in [2.75, 3.05) is 5.73 Å². The molecule has 0 fully saturated rings. The third-order valence-electron chi connectivity index (χ3n) is 3.43. The van der Waals surface area contributed by atoms with E-state index < -0.39 is 0 Å². The van der Waals surface area contributed by atoms with Gasteiger partial charge in [-0.3, -0.25) is 4.79 Å². The molecule has 0 aromatic heterocycles. The summed E-state index contributed by atoms with van der Waals surface area (Å²) >= 11 is 0. The molecule has 94 valence electrons. The summed E-state index contributed by atoms with van der Waals surface area (Å²) in [6.07, 6.45) is 1.81. The minimum atomic E-state index is -0.159. The monoisotopic (exact) mass is 234 g/mol. The summed E-state index contributed by atoms with van der Waals surface area (Å²) in [6.45, 7) is 8.15. The Morgan fingerprint density at radius 1 is 1.35 bits per heavy atom. The lowest BCUT2D eigenvalue weighted by molar-refractivity contribution is 0.0902. The summed E-state index contributed by atoms with van der Waals surface area (Å²) in [5.41, 5.74) is 7.81. The van der Waals surface area contributed by atoms with Crippen LogP contribution in [0.4, 0.5) is 5.69 Å². The second kappa shape index (κ2) is 5.21. The summed E-state index contributed by atoms with van der Waals surface area (Å²) < 4.78 is 0. The molecule has 0 atom stereocenters. The molecule has 3 nitrogen and oxygen atoms in total. The first-order valence-corrected chi connectivity index (χ1v) is 6.10. The Morgan fingerprint density at radius 2 is 1.94 bits per heavy atom. The van der Waals surface area contributed by atoms with Crippen LogP contribution in [0.2, 0.25) is 0 Å². The third-order valence-corrected chi connectivity index (χ3v) is 3.43. The van der Waals surface area contributed by atoms with Crippen molar-refractivity contribution >= 4 is 11.6 Å². The molecule has 17 heavy (non-hydrogen) atoms. The quantitative estimate of drug-likeness (QED) is 0.787. The Morgan fingerprint density at radius 3 is 2.47 bits per heavy atom. The molecular weight excluding hydrogens is 212 g/mol. The number of hydrogen-bond acceptors (Lipinski definition) is 2. The van der Waals surface area contributed by atoms with Crippen molar-refractivity contribution in [3.8, 4) is 0 Å². The van der Waals surface area contributed by atoms with Gasteiger partial charge in [0, 0.05) is 11.2 Å². The molecule has 3 N–H and O–H groups in total. The van der Waals surface area contributed by atoms with Crippen LogP contribution < -0.4 is 11.1 Å². The minimum Gasteiger partial charge on any atom is -0.398 e. The Kier molecular flexibility index (Phi) is 4.16. The molecule has 0 radical (unpaired) electrons. The van der Waals surface area contributed by atoms with E-state index >= 15 is 0 Å². The van der Waals surface area contributed by atoms with Crippen LogP contribution in [0.25, 0.3) is 0 Å². The van der Waals surface area contributed by atoms with E-state index in [2.05, 4.69) is 26.1 Å². The molecule has 3 heteroatoms. The molecule has 1 aromatic carbocycles. The van der Waals surface area contributed by atoms with Crippen molar-refractivity contribution < 1.29 is 4.79 Å². The van der Waals surface area contributed by atoms with Gasteiger partial charge < -0.3 is 11.1 Å². The van der Waals surface area contributed by atoms with Crippen molar-refractivity contribution in [3.05, 3.63) is 29.3 Å². The summed E-state index contributed by atoms with van der Waals surface area (Å²) in [6, 6.07) is 5.51. The van der Waals surface area contributed by atoms with Gasteiger partial charge in [0.2, 0.25) is 0 Å². The van der Waals surface area contributed by atoms with Gasteiger partial charge in [-0.15, -0.1) is 0 Å². The van der Waals surface area contributed by atoms with Crippen LogP contribution in [0.15, 0.2) is 18.2 Å². The van der Waals surface area contributed by atoms with Crippen molar-refractivity contribution in [1.82, 2.24) is 5.32 Å². The fraction of sp³-hybridized carbons (Fsp3) is 0.500. The largest absolute Gasteiger partial charge is 0.398 e. The topological polar surface area (TPSA) is 55.1 Å². The van der Waals surface area contributed by atoms with Crippen LogP contribution in [0, 0.1) is 6.92 Å². The number of hydrogen-bond donors (Lipinski definition) is 2. The van der Waals surface area contributed by atoms with E-state index in [0.29, 0.717) is 11.3 Å². The van der Waals surface area contributed by atoms with Crippen LogP contribution in [0.5, 0.6) is 0 Å². The van der Waals surface area contributed by atoms with E-state index in [-0.39, 0.29) is 11.4 Å². The van der Waals surface area contributed by atoms with E-state index in [4.69, 9.17) is 5.73 Å². The lowest BCUT2D eigenvalue weighted by Gasteiger charge is -2.28. The van der Waals surface area contributed by atoms with Crippen LogP contribution >= 0.6 is 0 Å². The highest BCUT2D eigenvalue weighted by atomic mass is 16.1. The molecule has 0 saturated heterocycles. The Hall–Kier alpha value is -1.51. The molecule has 0 aliphatic rings. The van der Waals surface area contributed by atoms with Crippen LogP contribution in [-0.4, -0.2) is 11.4 Å². The number of rotatable bonds is 4. The number of nitrogen functional groups attached to an aromatic ring is 1. The highest BCUT2D eigenvalue weighted by Crippen LogP contribution is 2.18. The maximum atomic E-state index is 12.2. The van der Waals surface area contributed by atoms with Gasteiger partial charge in [0.25, 0.3) is 5.91 Å². The zero-order valence-electron chi connectivity index (χ0n) is 11.1. The molecule has 0 aliphatic heterocycles. The summed E-state index contributed by atoms with van der Waals surface area (Å²) in [5, 5.41) is 3.06. The van der Waals surface area contributed by atoms with Crippen LogP contribution in [0.1, 0.15) is 49.5 Å². The van der Waals surface area contributed by atoms with Gasteiger partial charge >= 0.3 is 0 Å². The zero-order valence-corrected chi connectivity index (χ0v) is 11.1. The number of nitrogens with two attached hydrogens (primary N) is 1. The lowest BCUT2D eigenvalue weighted by Crippen LogP contribution is -2.45. The van der Waals surface area contributed by atoms with Gasteiger partial charge in [0.05, 0.1) is 5.56 Å². The molecule has 1 aromatic rings. The molecule has 0 bridgehead atoms. The maximum absolute atomic E-state index is 12.2. The Labute approximate surface area is 103 Å². The van der Waals surface area contributed by atoms with Gasteiger partial charge in [-0.05, 0) is 38.8 Å². The van der Waals surface area contributed by atoms with E-state index in [1.165, 1.54) is 0 Å². The first-order valence-electron chi connectivity index (χ1n) is 6.10. The van der Waals surface area contributed by atoms with Gasteiger partial charge in [0.1, 0.15) is 0 Å². The van der Waals surface area contributed by atoms with E-state index in [1.807, 2.05) is 19.1 Å². The van der Waals surface area contributed by atoms with Crippen molar-refractivity contribution in [2.45, 2.75) is 46.1 Å². The molecule has 0 saturated carbocycles. The lowest BCUT2D eigenvalue weighted by atomic mass is 9.95. The van der Waals surface area contributed by atoms with E-state index in [0.717, 1.165) is 18.4 Å². The summed E-state index contributed by atoms with van der Waals surface area (Å²) in [7, 11) is 0. The number of aryl methyl sites for hydroxylation is 1. The number of carbonyl (C=O) groups excluding carboxylic acids is 1. The third kappa shape index (κ3) is 3.22. The van der Waals surface area contributed by atoms with Crippen molar-refractivity contribution in [1.29, 1.82) is 0 Å². The molecule has 0 aliphatic carbocycles. The van der Waals surface area contributed by atoms with Gasteiger partial charge in [0.15, 0.2) is 0 Å². The van der Waals surface area contributed by atoms with Gasteiger partial charge in [-0.1, -0.05) is 25.5 Å². The van der Waals surface area contributed by atoms with E-state index in [9.17, 15) is 4.79 Å². The summed E-state index contributed by atoms with van der Waals surface area (Å²) in [4.78, 5) is 12.2. The van der Waals surface area contributed by atoms with Crippen molar-refractivity contribution in [3.63, 3.8) is 0 Å². The predicted octanol–water partition coefficient (Wildman–Crippen LogP) is 2.89. The highest BCUT2D eigenvalue weighted by Gasteiger charge is 2.23. The van der Waals surface area contributed by atoms with Crippen molar-refractivity contribution in [2.24, 2.45) is 0 Å². The summed E-state index contributed by atoms with van der Waals surface area (Å²) in [5.74, 6) is -0.0857. The minimum absolute atomic E-state index is 0.0857. The fourth-order valence-electron chi connectivity index (χ4n) is 1.63. The molecule has 0 unspecified atom stereocenters. The standard InChI is InChI=1S/C14H22N2O/c1-5-14(4,6-2)16-13(17)11-9-10(3)7-8-12(11)15/h7-9H,5-6,15H2,1-4H3,(H,16,17). The average molecular weight is 234 g/mol. The maximum Gasteiger partial charge on any atom is 0.253 e. The highest BCUT2D eigenvalue weighted by molar-refractivity contribution is 5.99. The predicted molar refractivity (Wildman–Crippen MR) is 72.0 cm³/mol. The Bertz CT molecular complexity index is 409. The number of anilines is 1. The van der Waals surface area contributed by atoms with Gasteiger partial charge in [-0.25, -0.2) is 0 Å². The van der Waals surface area contributed by atoms with Gasteiger partial charge in [-0.2, -0.15) is 0 Å². The first-order chi connectivity index (χ1) is 7.91.